The summed E-state index contributed by atoms with van der Waals surface area (Å²) in [7, 11) is 0. The second kappa shape index (κ2) is 9.71. The fourth-order valence-corrected chi connectivity index (χ4v) is 4.20. The lowest BCUT2D eigenvalue weighted by Crippen LogP contribution is -2.06. The van der Waals surface area contributed by atoms with Gasteiger partial charge < -0.3 is 4.74 Å². The predicted octanol–water partition coefficient (Wildman–Crippen LogP) is 7.79. The summed E-state index contributed by atoms with van der Waals surface area (Å²) in [4.78, 5) is 26.0. The maximum atomic E-state index is 13.0. The lowest BCUT2D eigenvalue weighted by atomic mass is 9.93. The largest absolute Gasteiger partial charge is 0.457 e. The quantitative estimate of drug-likeness (QED) is 0.275. The maximum Gasteiger partial charge on any atom is 0.193 e. The normalized spacial score (nSPS) is 10.8. The van der Waals surface area contributed by atoms with Crippen molar-refractivity contribution in [3.63, 3.8) is 0 Å². The molecule has 0 aliphatic rings. The third-order valence-electron chi connectivity index (χ3n) is 7.07. The summed E-state index contributed by atoms with van der Waals surface area (Å²) in [6.45, 7) is 12.2. The van der Waals surface area contributed by atoms with Gasteiger partial charge >= 0.3 is 0 Å². The summed E-state index contributed by atoms with van der Waals surface area (Å²) in [6, 6.07) is 22.1. The molecule has 3 nitrogen and oxygen atoms in total. The van der Waals surface area contributed by atoms with E-state index in [0.29, 0.717) is 22.6 Å². The van der Waals surface area contributed by atoms with Gasteiger partial charge in [0.2, 0.25) is 0 Å². The van der Waals surface area contributed by atoms with Gasteiger partial charge in [-0.15, -0.1) is 0 Å². The van der Waals surface area contributed by atoms with Crippen molar-refractivity contribution in [2.45, 2.75) is 41.5 Å². The Hall–Kier alpha value is -3.98. The Labute approximate surface area is 207 Å². The van der Waals surface area contributed by atoms with Gasteiger partial charge in [0.25, 0.3) is 0 Å². The van der Waals surface area contributed by atoms with Crippen LogP contribution in [0.25, 0.3) is 0 Å². The molecular weight excluding hydrogens is 432 g/mol. The molecule has 0 aliphatic heterocycles. The zero-order valence-corrected chi connectivity index (χ0v) is 21.2. The molecule has 0 aromatic heterocycles. The Morgan fingerprint density at radius 2 is 0.800 bits per heavy atom. The highest BCUT2D eigenvalue weighted by atomic mass is 16.5. The fraction of sp³-hybridized carbons (Fsp3) is 0.188. The van der Waals surface area contributed by atoms with Crippen LogP contribution in [0.4, 0.5) is 0 Å². The number of ether oxygens (including phenoxy) is 1. The molecule has 176 valence electrons. The number of aryl methyl sites for hydroxylation is 2. The molecule has 0 heterocycles. The topological polar surface area (TPSA) is 43.4 Å². The van der Waals surface area contributed by atoms with E-state index in [4.69, 9.17) is 4.74 Å². The molecule has 4 aromatic rings. The number of carbonyl (C=O) groups excluding carboxylic acids is 2. The second-order valence-electron chi connectivity index (χ2n) is 9.17. The van der Waals surface area contributed by atoms with Crippen LogP contribution in [0.1, 0.15) is 65.2 Å². The molecule has 0 N–H and O–H groups in total. The van der Waals surface area contributed by atoms with E-state index in [0.717, 1.165) is 33.4 Å². The fourth-order valence-electron chi connectivity index (χ4n) is 4.20. The van der Waals surface area contributed by atoms with Gasteiger partial charge in [0.1, 0.15) is 11.5 Å². The van der Waals surface area contributed by atoms with Crippen LogP contribution in [0.2, 0.25) is 0 Å². The van der Waals surface area contributed by atoms with Crippen LogP contribution >= 0.6 is 0 Å². The van der Waals surface area contributed by atoms with Gasteiger partial charge in [-0.2, -0.15) is 0 Å². The minimum atomic E-state index is 0.00153. The van der Waals surface area contributed by atoms with Gasteiger partial charge in [0, 0.05) is 22.3 Å². The second-order valence-corrected chi connectivity index (χ2v) is 9.17. The third-order valence-corrected chi connectivity index (χ3v) is 7.07. The van der Waals surface area contributed by atoms with Crippen molar-refractivity contribution < 1.29 is 14.3 Å². The van der Waals surface area contributed by atoms with E-state index >= 15 is 0 Å². The zero-order chi connectivity index (χ0) is 25.3. The molecular formula is C32H30O3. The summed E-state index contributed by atoms with van der Waals surface area (Å²) in [5, 5.41) is 0. The molecule has 0 bridgehead atoms. The zero-order valence-electron chi connectivity index (χ0n) is 21.2. The van der Waals surface area contributed by atoms with Gasteiger partial charge in [0.15, 0.2) is 11.6 Å². The number of carbonyl (C=O) groups is 2. The lowest BCUT2D eigenvalue weighted by Gasteiger charge is -2.12. The Balaban J connectivity index is 1.48. The first-order chi connectivity index (χ1) is 16.7. The molecule has 0 radical (unpaired) electrons. The maximum absolute atomic E-state index is 13.0. The minimum Gasteiger partial charge on any atom is -0.457 e. The summed E-state index contributed by atoms with van der Waals surface area (Å²) in [6.07, 6.45) is 0. The van der Waals surface area contributed by atoms with E-state index in [1.54, 1.807) is 48.5 Å². The average Bonchev–Trinajstić information content (AvgIpc) is 2.86. The van der Waals surface area contributed by atoms with Gasteiger partial charge in [0.05, 0.1) is 0 Å². The Morgan fingerprint density at radius 1 is 0.457 bits per heavy atom. The molecule has 0 fully saturated rings. The predicted molar refractivity (Wildman–Crippen MR) is 141 cm³/mol. The van der Waals surface area contributed by atoms with Crippen molar-refractivity contribution in [2.24, 2.45) is 0 Å². The molecule has 0 atom stereocenters. The van der Waals surface area contributed by atoms with Gasteiger partial charge in [-0.1, -0.05) is 24.3 Å². The Kier molecular flexibility index (Phi) is 6.70. The molecule has 0 unspecified atom stereocenters. The SMILES string of the molecule is Cc1ccc(C(=O)c2ccc(Oc3ccc(C(=O)c4ccc(C)c(C)c4C)cc3)cc2)c(C)c1C. The minimum absolute atomic E-state index is 0.00153. The summed E-state index contributed by atoms with van der Waals surface area (Å²) < 4.78 is 5.95. The Morgan fingerprint density at radius 3 is 1.14 bits per heavy atom. The van der Waals surface area contributed by atoms with E-state index in [9.17, 15) is 9.59 Å². The molecule has 4 rings (SSSR count). The highest BCUT2D eigenvalue weighted by Gasteiger charge is 2.15. The molecule has 0 aliphatic carbocycles. The molecule has 3 heteroatoms. The number of benzene rings is 4. The summed E-state index contributed by atoms with van der Waals surface area (Å²) >= 11 is 0. The van der Waals surface area contributed by atoms with E-state index < -0.39 is 0 Å². The van der Waals surface area contributed by atoms with Crippen LogP contribution in [0, 0.1) is 41.5 Å². The number of ketones is 2. The number of rotatable bonds is 6. The van der Waals surface area contributed by atoms with Crippen LogP contribution in [-0.4, -0.2) is 11.6 Å². The van der Waals surface area contributed by atoms with Crippen molar-refractivity contribution in [3.8, 4) is 11.5 Å². The standard InChI is InChI=1S/C32H30O3/c1-19-7-17-29(23(5)21(19)3)31(33)25-9-13-27(14-10-25)35-28-15-11-26(12-16-28)32(34)30-18-8-20(2)22(4)24(30)6/h7-18H,1-6H3. The van der Waals surface area contributed by atoms with E-state index in [2.05, 4.69) is 13.8 Å². The number of hydrogen-bond acceptors (Lipinski definition) is 3. The van der Waals surface area contributed by atoms with Crippen LogP contribution in [-0.2, 0) is 0 Å². The highest BCUT2D eigenvalue weighted by molar-refractivity contribution is 6.10. The Bertz CT molecular complexity index is 1310. The van der Waals surface area contributed by atoms with Crippen LogP contribution in [0.15, 0.2) is 72.8 Å². The highest BCUT2D eigenvalue weighted by Crippen LogP contribution is 2.26. The smallest absolute Gasteiger partial charge is 0.193 e. The molecule has 0 spiro atoms. The van der Waals surface area contributed by atoms with Crippen molar-refractivity contribution in [1.29, 1.82) is 0 Å². The van der Waals surface area contributed by atoms with E-state index in [-0.39, 0.29) is 11.6 Å². The van der Waals surface area contributed by atoms with Gasteiger partial charge in [-0.25, -0.2) is 0 Å². The molecule has 0 saturated carbocycles. The van der Waals surface area contributed by atoms with Crippen molar-refractivity contribution in [3.05, 3.63) is 128 Å². The first-order valence-corrected chi connectivity index (χ1v) is 11.8. The summed E-state index contributed by atoms with van der Waals surface area (Å²) in [5.74, 6) is 1.26. The molecule has 0 saturated heterocycles. The number of hydrogen-bond donors (Lipinski definition) is 0. The van der Waals surface area contributed by atoms with Crippen LogP contribution in [0.3, 0.4) is 0 Å². The third kappa shape index (κ3) is 4.81. The van der Waals surface area contributed by atoms with Gasteiger partial charge in [-0.3, -0.25) is 9.59 Å². The van der Waals surface area contributed by atoms with Gasteiger partial charge in [-0.05, 0) is 123 Å². The first-order valence-electron chi connectivity index (χ1n) is 11.8. The summed E-state index contributed by atoms with van der Waals surface area (Å²) in [5.41, 5.74) is 9.36. The molecule has 4 aromatic carbocycles. The van der Waals surface area contributed by atoms with Crippen molar-refractivity contribution in [2.75, 3.05) is 0 Å². The monoisotopic (exact) mass is 462 g/mol. The first kappa shape index (κ1) is 24.2. The van der Waals surface area contributed by atoms with E-state index in [1.807, 2.05) is 52.0 Å². The molecule has 35 heavy (non-hydrogen) atoms. The molecule has 0 amide bonds. The lowest BCUT2D eigenvalue weighted by molar-refractivity contribution is 0.103. The van der Waals surface area contributed by atoms with E-state index in [1.165, 1.54) is 11.1 Å². The van der Waals surface area contributed by atoms with Crippen LogP contribution < -0.4 is 4.74 Å². The van der Waals surface area contributed by atoms with Crippen molar-refractivity contribution in [1.82, 2.24) is 0 Å². The van der Waals surface area contributed by atoms with Crippen LogP contribution in [0.5, 0.6) is 11.5 Å². The van der Waals surface area contributed by atoms with Crippen molar-refractivity contribution >= 4 is 11.6 Å². The average molecular weight is 463 g/mol.